The molecule has 0 aromatic heterocycles. The summed E-state index contributed by atoms with van der Waals surface area (Å²) in [6.45, 7) is 7.11. The normalized spacial score (nSPS) is 12.2. The molecule has 8 heavy (non-hydrogen) atoms. The molecular weight excluding hydrogens is 103 g/mol. The van der Waals surface area contributed by atoms with E-state index in [9.17, 15) is 4.39 Å². The Kier molecular flexibility index (Phi) is 3.16. The summed E-state index contributed by atoms with van der Waals surface area (Å²) in [5.74, 6) is 0.0352. The van der Waals surface area contributed by atoms with Crippen molar-refractivity contribution in [1.29, 1.82) is 0 Å². The molecule has 0 aliphatic heterocycles. The number of hydrogen-bond donors (Lipinski definition) is 0. The molecule has 0 amide bonds. The van der Waals surface area contributed by atoms with E-state index in [-0.39, 0.29) is 11.7 Å². The van der Waals surface area contributed by atoms with E-state index in [0.29, 0.717) is 0 Å². The van der Waals surface area contributed by atoms with Gasteiger partial charge in [0.15, 0.2) is 0 Å². The van der Waals surface area contributed by atoms with Crippen LogP contribution < -0.4 is 0 Å². The van der Waals surface area contributed by atoms with Gasteiger partial charge in [0.1, 0.15) is 5.83 Å². The van der Waals surface area contributed by atoms with Gasteiger partial charge in [0.25, 0.3) is 0 Å². The fraction of sp³-hybridized carbons (Fsp3) is 0.429. The summed E-state index contributed by atoms with van der Waals surface area (Å²) in [6.07, 6.45) is 2.73. The monoisotopic (exact) mass is 114 g/mol. The summed E-state index contributed by atoms with van der Waals surface area (Å²) in [4.78, 5) is 0. The molecule has 0 aliphatic carbocycles. The van der Waals surface area contributed by atoms with Crippen molar-refractivity contribution in [2.45, 2.75) is 13.8 Å². The van der Waals surface area contributed by atoms with Gasteiger partial charge in [0, 0.05) is 0 Å². The van der Waals surface area contributed by atoms with Crippen molar-refractivity contribution >= 4 is 0 Å². The molecule has 0 aromatic rings. The molecule has 1 heteroatoms. The highest BCUT2D eigenvalue weighted by atomic mass is 19.1. The van der Waals surface area contributed by atoms with Gasteiger partial charge in [0.05, 0.1) is 0 Å². The van der Waals surface area contributed by atoms with E-state index in [1.165, 1.54) is 12.2 Å². The van der Waals surface area contributed by atoms with E-state index in [4.69, 9.17) is 0 Å². The Hall–Kier alpha value is -0.590. The lowest BCUT2D eigenvalue weighted by Crippen LogP contribution is -1.77. The summed E-state index contributed by atoms with van der Waals surface area (Å²) in [5, 5.41) is 0. The minimum atomic E-state index is -0.236. The zero-order valence-corrected chi connectivity index (χ0v) is 5.32. The molecule has 0 rings (SSSR count). The van der Waals surface area contributed by atoms with Crippen LogP contribution in [0.25, 0.3) is 0 Å². The molecule has 46 valence electrons. The van der Waals surface area contributed by atoms with Gasteiger partial charge in [-0.3, -0.25) is 0 Å². The maximum absolute atomic E-state index is 12.1. The molecule has 0 fully saturated rings. The third-order valence-electron chi connectivity index (χ3n) is 0.688. The molecule has 0 radical (unpaired) electrons. The largest absolute Gasteiger partial charge is 0.207 e. The van der Waals surface area contributed by atoms with E-state index < -0.39 is 0 Å². The Balaban J connectivity index is 3.74. The predicted octanol–water partition coefficient (Wildman–Crippen LogP) is 2.68. The van der Waals surface area contributed by atoms with Crippen LogP contribution in [0.1, 0.15) is 13.8 Å². The molecule has 0 N–H and O–H groups in total. The van der Waals surface area contributed by atoms with Gasteiger partial charge in [-0.15, -0.1) is 0 Å². The third-order valence-corrected chi connectivity index (χ3v) is 0.688. The molecule has 0 saturated heterocycles. The maximum atomic E-state index is 12.1. The molecule has 0 aromatic carbocycles. The van der Waals surface area contributed by atoms with Crippen molar-refractivity contribution in [2.24, 2.45) is 5.92 Å². The summed E-state index contributed by atoms with van der Waals surface area (Å²) < 4.78 is 12.1. The lowest BCUT2D eigenvalue weighted by Gasteiger charge is -1.91. The molecule has 0 bridgehead atoms. The van der Waals surface area contributed by atoms with Gasteiger partial charge in [0.2, 0.25) is 0 Å². The van der Waals surface area contributed by atoms with Crippen molar-refractivity contribution in [3.05, 3.63) is 24.6 Å². The first-order valence-corrected chi connectivity index (χ1v) is 2.66. The summed E-state index contributed by atoms with van der Waals surface area (Å²) in [5.41, 5.74) is 0. The highest BCUT2D eigenvalue weighted by molar-refractivity contribution is 5.07. The van der Waals surface area contributed by atoms with Crippen LogP contribution in [-0.4, -0.2) is 0 Å². The second kappa shape index (κ2) is 3.42. The fourth-order valence-electron chi connectivity index (χ4n) is 0.386. The Morgan fingerprint density at radius 1 is 1.62 bits per heavy atom. The molecule has 0 heterocycles. The highest BCUT2D eigenvalue weighted by Crippen LogP contribution is 2.02. The summed E-state index contributed by atoms with van der Waals surface area (Å²) in [6, 6.07) is 0. The van der Waals surface area contributed by atoms with Gasteiger partial charge in [-0.2, -0.15) is 0 Å². The Bertz CT molecular complexity index is 101. The number of halogens is 1. The van der Waals surface area contributed by atoms with Crippen LogP contribution in [0, 0.1) is 5.92 Å². The lowest BCUT2D eigenvalue weighted by molar-refractivity contribution is 0.645. The van der Waals surface area contributed by atoms with Gasteiger partial charge in [-0.25, -0.2) is 4.39 Å². The number of allylic oxidation sites excluding steroid dienone is 3. The van der Waals surface area contributed by atoms with Crippen molar-refractivity contribution in [3.63, 3.8) is 0 Å². The summed E-state index contributed by atoms with van der Waals surface area (Å²) in [7, 11) is 0. The first-order chi connectivity index (χ1) is 3.66. The van der Waals surface area contributed by atoms with E-state index >= 15 is 0 Å². The molecule has 0 atom stereocenters. The molecule has 0 saturated carbocycles. The van der Waals surface area contributed by atoms with Gasteiger partial charge < -0.3 is 0 Å². The average molecular weight is 114 g/mol. The summed E-state index contributed by atoms with van der Waals surface area (Å²) >= 11 is 0. The molecule has 0 nitrogen and oxygen atoms in total. The zero-order chi connectivity index (χ0) is 6.57. The van der Waals surface area contributed by atoms with Crippen LogP contribution in [0.4, 0.5) is 4.39 Å². The van der Waals surface area contributed by atoms with Crippen LogP contribution in [0.15, 0.2) is 24.6 Å². The Morgan fingerprint density at radius 2 is 2.12 bits per heavy atom. The van der Waals surface area contributed by atoms with Crippen LogP contribution in [-0.2, 0) is 0 Å². The van der Waals surface area contributed by atoms with Crippen LogP contribution in [0.2, 0.25) is 0 Å². The molecule has 0 unspecified atom stereocenters. The number of hydrogen-bond acceptors (Lipinski definition) is 0. The topological polar surface area (TPSA) is 0 Å². The van der Waals surface area contributed by atoms with Crippen LogP contribution in [0.3, 0.4) is 0 Å². The smallest absolute Gasteiger partial charge is 0.118 e. The minimum Gasteiger partial charge on any atom is -0.207 e. The van der Waals surface area contributed by atoms with E-state index in [2.05, 4.69) is 6.58 Å². The van der Waals surface area contributed by atoms with Crippen molar-refractivity contribution in [3.8, 4) is 0 Å². The van der Waals surface area contributed by atoms with Crippen LogP contribution >= 0.6 is 0 Å². The number of rotatable bonds is 2. The molecule has 0 aliphatic rings. The van der Waals surface area contributed by atoms with Gasteiger partial charge in [-0.05, 0) is 18.1 Å². The van der Waals surface area contributed by atoms with Gasteiger partial charge in [-0.1, -0.05) is 20.4 Å². The highest BCUT2D eigenvalue weighted by Gasteiger charge is 1.87. The van der Waals surface area contributed by atoms with Crippen molar-refractivity contribution < 1.29 is 4.39 Å². The molecular formula is C7H11F. The van der Waals surface area contributed by atoms with E-state index in [0.717, 1.165) is 0 Å². The third kappa shape index (κ3) is 3.59. The second-order valence-corrected chi connectivity index (χ2v) is 2.00. The SMILES string of the molecule is C=C/C(F)=C/C(C)C. The quantitative estimate of drug-likeness (QED) is 0.484. The second-order valence-electron chi connectivity index (χ2n) is 2.00. The first kappa shape index (κ1) is 7.41. The lowest BCUT2D eigenvalue weighted by atomic mass is 10.2. The van der Waals surface area contributed by atoms with Crippen molar-refractivity contribution in [1.82, 2.24) is 0 Å². The minimum absolute atomic E-state index is 0.236. The zero-order valence-electron chi connectivity index (χ0n) is 5.32. The van der Waals surface area contributed by atoms with Crippen LogP contribution in [0.5, 0.6) is 0 Å². The Labute approximate surface area is 49.7 Å². The average Bonchev–Trinajstić information content (AvgIpc) is 1.65. The first-order valence-electron chi connectivity index (χ1n) is 2.66. The predicted molar refractivity (Wildman–Crippen MR) is 34.2 cm³/mol. The fourth-order valence-corrected chi connectivity index (χ4v) is 0.386. The van der Waals surface area contributed by atoms with Gasteiger partial charge >= 0.3 is 0 Å². The van der Waals surface area contributed by atoms with Crippen molar-refractivity contribution in [2.75, 3.05) is 0 Å². The maximum Gasteiger partial charge on any atom is 0.118 e. The van der Waals surface area contributed by atoms with E-state index in [1.807, 2.05) is 13.8 Å². The molecule has 0 spiro atoms. The Morgan fingerprint density at radius 3 is 2.25 bits per heavy atom. The standard InChI is InChI=1S/C7H11F/c1-4-7(8)5-6(2)3/h4-6H,1H2,2-3H3/b7-5-. The van der Waals surface area contributed by atoms with E-state index in [1.54, 1.807) is 0 Å².